The maximum absolute atomic E-state index is 2.40. The van der Waals surface area contributed by atoms with Gasteiger partial charge < -0.3 is 0 Å². The van der Waals surface area contributed by atoms with Crippen molar-refractivity contribution in [1.29, 1.82) is 0 Å². The van der Waals surface area contributed by atoms with E-state index in [1.165, 1.54) is 41.5 Å². The standard InChI is InChI=1S/C19H28.C3H8.2C2H6/c1-5-8-10-17(7-3)13-14-19-15-18(9-6-2)12-11-16(19)4;1-3-2;2*1-2/h7-8,10-12,15H,5-6,9,13-14H2,1-4H3;3H2,1-2H3;2*1-2H3/b10-8-,17-7+;;;. The van der Waals surface area contributed by atoms with Crippen molar-refractivity contribution in [2.75, 3.05) is 0 Å². The highest BCUT2D eigenvalue weighted by atomic mass is 14.1. The summed E-state index contributed by atoms with van der Waals surface area (Å²) in [5.41, 5.74) is 5.86. The average Bonchev–Trinajstić information content (AvgIpc) is 2.68. The molecule has 152 valence electrons. The predicted molar refractivity (Wildman–Crippen MR) is 125 cm³/mol. The normalized spacial score (nSPS) is 10.2. The van der Waals surface area contributed by atoms with Gasteiger partial charge in [-0.05, 0) is 56.2 Å². The van der Waals surface area contributed by atoms with Crippen molar-refractivity contribution in [1.82, 2.24) is 0 Å². The maximum Gasteiger partial charge on any atom is -0.0236 e. The van der Waals surface area contributed by atoms with Crippen LogP contribution in [0.5, 0.6) is 0 Å². The van der Waals surface area contributed by atoms with Crippen molar-refractivity contribution in [3.8, 4) is 0 Å². The zero-order chi connectivity index (χ0) is 20.8. The van der Waals surface area contributed by atoms with Crippen LogP contribution in [0.1, 0.15) is 105 Å². The van der Waals surface area contributed by atoms with Crippen LogP contribution in [0.3, 0.4) is 0 Å². The van der Waals surface area contributed by atoms with Gasteiger partial charge in [0.2, 0.25) is 0 Å². The molecule has 0 aliphatic carbocycles. The summed E-state index contributed by atoms with van der Waals surface area (Å²) in [4.78, 5) is 0. The second-order valence-electron chi connectivity index (χ2n) is 5.89. The summed E-state index contributed by atoms with van der Waals surface area (Å²) in [5, 5.41) is 0. The Kier molecular flexibility index (Phi) is 26.9. The van der Waals surface area contributed by atoms with Gasteiger partial charge in [0.25, 0.3) is 0 Å². The molecular formula is C26H48. The second kappa shape index (κ2) is 23.7. The number of hydrogen-bond donors (Lipinski definition) is 0. The molecule has 0 aliphatic heterocycles. The molecule has 0 heterocycles. The van der Waals surface area contributed by atoms with Crippen LogP contribution in [0.25, 0.3) is 0 Å². The lowest BCUT2D eigenvalue weighted by Crippen LogP contribution is -1.94. The Bertz CT molecular complexity index is 449. The van der Waals surface area contributed by atoms with E-state index in [4.69, 9.17) is 0 Å². The van der Waals surface area contributed by atoms with Crippen LogP contribution in [-0.4, -0.2) is 0 Å². The highest BCUT2D eigenvalue weighted by molar-refractivity contribution is 5.32. The molecule has 0 radical (unpaired) electrons. The molecule has 26 heavy (non-hydrogen) atoms. The average molecular weight is 361 g/mol. The molecule has 0 N–H and O–H groups in total. The Morgan fingerprint density at radius 2 is 1.50 bits per heavy atom. The van der Waals surface area contributed by atoms with Crippen molar-refractivity contribution in [2.45, 2.75) is 108 Å². The van der Waals surface area contributed by atoms with E-state index >= 15 is 0 Å². The van der Waals surface area contributed by atoms with Gasteiger partial charge in [0.15, 0.2) is 0 Å². The molecule has 0 aromatic heterocycles. The fourth-order valence-corrected chi connectivity index (χ4v) is 2.31. The number of rotatable bonds is 7. The first-order valence-electron chi connectivity index (χ1n) is 11.0. The Balaban J connectivity index is -0.000000663. The zero-order valence-electron chi connectivity index (χ0n) is 19.7. The van der Waals surface area contributed by atoms with E-state index in [2.05, 4.69) is 78.0 Å². The summed E-state index contributed by atoms with van der Waals surface area (Å²) in [7, 11) is 0. The number of aryl methyl sites for hydroxylation is 3. The molecular weight excluding hydrogens is 312 g/mol. The van der Waals surface area contributed by atoms with Gasteiger partial charge in [0, 0.05) is 0 Å². The number of allylic oxidation sites excluding steroid dienone is 4. The summed E-state index contributed by atoms with van der Waals surface area (Å²) in [6.07, 6.45) is 13.8. The van der Waals surface area contributed by atoms with Crippen LogP contribution in [0.4, 0.5) is 0 Å². The molecule has 0 heteroatoms. The summed E-state index contributed by atoms with van der Waals surface area (Å²) >= 11 is 0. The van der Waals surface area contributed by atoms with Crippen molar-refractivity contribution < 1.29 is 0 Å². The Hall–Kier alpha value is -1.30. The molecule has 1 aromatic carbocycles. The van der Waals surface area contributed by atoms with E-state index < -0.39 is 0 Å². The minimum Gasteiger partial charge on any atom is -0.0845 e. The topological polar surface area (TPSA) is 0 Å². The summed E-state index contributed by atoms with van der Waals surface area (Å²) in [6, 6.07) is 6.95. The van der Waals surface area contributed by atoms with E-state index in [0.29, 0.717) is 0 Å². The summed E-state index contributed by atoms with van der Waals surface area (Å²) in [5.74, 6) is 0. The molecule has 0 saturated heterocycles. The van der Waals surface area contributed by atoms with Crippen LogP contribution in [-0.2, 0) is 12.8 Å². The van der Waals surface area contributed by atoms with Gasteiger partial charge in [-0.15, -0.1) is 0 Å². The van der Waals surface area contributed by atoms with Crippen LogP contribution in [0.2, 0.25) is 0 Å². The fourth-order valence-electron chi connectivity index (χ4n) is 2.31. The largest absolute Gasteiger partial charge is 0.0845 e. The van der Waals surface area contributed by atoms with Gasteiger partial charge in [-0.1, -0.05) is 110 Å². The minimum absolute atomic E-state index is 1.11. The molecule has 1 rings (SSSR count). The molecule has 0 aliphatic rings. The van der Waals surface area contributed by atoms with Crippen molar-refractivity contribution >= 4 is 0 Å². The molecule has 1 aromatic rings. The SMILES string of the molecule is C/C=C(\C=C/CC)CCc1cc(CCC)ccc1C.CC.CC.CCC. The molecule has 0 bridgehead atoms. The van der Waals surface area contributed by atoms with Gasteiger partial charge in [-0.3, -0.25) is 0 Å². The van der Waals surface area contributed by atoms with Gasteiger partial charge in [0.1, 0.15) is 0 Å². The second-order valence-corrected chi connectivity index (χ2v) is 5.89. The maximum atomic E-state index is 2.40. The lowest BCUT2D eigenvalue weighted by atomic mass is 9.97. The zero-order valence-corrected chi connectivity index (χ0v) is 19.7. The Labute approximate surface area is 166 Å². The lowest BCUT2D eigenvalue weighted by molar-refractivity contribution is 0.902. The summed E-state index contributed by atoms with van der Waals surface area (Å²) in [6.45, 7) is 21.0. The molecule has 0 spiro atoms. The Morgan fingerprint density at radius 3 is 1.96 bits per heavy atom. The van der Waals surface area contributed by atoms with Gasteiger partial charge in [-0.25, -0.2) is 0 Å². The molecule has 0 atom stereocenters. The van der Waals surface area contributed by atoms with Gasteiger partial charge >= 0.3 is 0 Å². The first kappa shape index (κ1) is 29.5. The first-order chi connectivity index (χ1) is 12.6. The quantitative estimate of drug-likeness (QED) is 0.425. The van der Waals surface area contributed by atoms with E-state index in [1.807, 2.05) is 27.7 Å². The predicted octanol–water partition coefficient (Wildman–Crippen LogP) is 9.26. The van der Waals surface area contributed by atoms with Crippen LogP contribution in [0.15, 0.2) is 42.0 Å². The van der Waals surface area contributed by atoms with Crippen molar-refractivity contribution in [2.24, 2.45) is 0 Å². The van der Waals surface area contributed by atoms with Crippen LogP contribution in [0, 0.1) is 6.92 Å². The first-order valence-corrected chi connectivity index (χ1v) is 11.0. The molecule has 0 saturated carbocycles. The van der Waals surface area contributed by atoms with E-state index in [-0.39, 0.29) is 0 Å². The van der Waals surface area contributed by atoms with Crippen LogP contribution < -0.4 is 0 Å². The number of hydrogen-bond acceptors (Lipinski definition) is 0. The van der Waals surface area contributed by atoms with Crippen molar-refractivity contribution in [3.05, 3.63) is 58.7 Å². The van der Waals surface area contributed by atoms with Crippen LogP contribution >= 0.6 is 0 Å². The van der Waals surface area contributed by atoms with E-state index in [9.17, 15) is 0 Å². The highest BCUT2D eigenvalue weighted by Gasteiger charge is 2.01. The third-order valence-corrected chi connectivity index (χ3v) is 3.57. The van der Waals surface area contributed by atoms with Gasteiger partial charge in [-0.2, -0.15) is 0 Å². The molecule has 0 fully saturated rings. The minimum atomic E-state index is 1.11. The monoisotopic (exact) mass is 360 g/mol. The number of benzene rings is 1. The smallest absolute Gasteiger partial charge is 0.0236 e. The lowest BCUT2D eigenvalue weighted by Gasteiger charge is -2.09. The summed E-state index contributed by atoms with van der Waals surface area (Å²) < 4.78 is 0. The highest BCUT2D eigenvalue weighted by Crippen LogP contribution is 2.17. The van der Waals surface area contributed by atoms with E-state index in [1.54, 1.807) is 0 Å². The third kappa shape index (κ3) is 16.2. The molecule has 0 amide bonds. The van der Waals surface area contributed by atoms with Crippen molar-refractivity contribution in [3.63, 3.8) is 0 Å². The molecule has 0 nitrogen and oxygen atoms in total. The van der Waals surface area contributed by atoms with Gasteiger partial charge in [0.05, 0.1) is 0 Å². The molecule has 0 unspecified atom stereocenters. The fraction of sp³-hybridized carbons (Fsp3) is 0.615. The Morgan fingerprint density at radius 1 is 0.923 bits per heavy atom. The third-order valence-electron chi connectivity index (χ3n) is 3.57. The van der Waals surface area contributed by atoms with E-state index in [0.717, 1.165) is 19.3 Å².